The number of halogens is 2. The van der Waals surface area contributed by atoms with Crippen LogP contribution in [0.4, 0.5) is 14.5 Å². The maximum absolute atomic E-state index is 12.9. The lowest BCUT2D eigenvalue weighted by Gasteiger charge is -1.95. The minimum atomic E-state index is -0.892. The van der Waals surface area contributed by atoms with Crippen molar-refractivity contribution < 1.29 is 13.3 Å². The predicted molar refractivity (Wildman–Crippen MR) is 60.9 cm³/mol. The first-order valence-corrected chi connectivity index (χ1v) is 4.93. The standard InChI is InChI=1S/C12H10F2N2O/c1-7-12(15)11(16-17-7)5-3-8-2-4-9(13)10(14)6-8/h2-6H,15H2,1H3/b5-3+. The molecule has 5 heteroatoms. The molecular weight excluding hydrogens is 226 g/mol. The topological polar surface area (TPSA) is 52.0 Å². The molecule has 2 rings (SSSR count). The first-order valence-electron chi connectivity index (χ1n) is 4.93. The molecule has 0 aliphatic rings. The fraction of sp³-hybridized carbons (Fsp3) is 0.0833. The predicted octanol–water partition coefficient (Wildman–Crippen LogP) is 3.01. The van der Waals surface area contributed by atoms with Crippen LogP contribution in [0.1, 0.15) is 17.0 Å². The van der Waals surface area contributed by atoms with Crippen LogP contribution in [-0.2, 0) is 0 Å². The van der Waals surface area contributed by atoms with Gasteiger partial charge >= 0.3 is 0 Å². The van der Waals surface area contributed by atoms with Gasteiger partial charge in [-0.15, -0.1) is 0 Å². The van der Waals surface area contributed by atoms with E-state index in [0.717, 1.165) is 12.1 Å². The van der Waals surface area contributed by atoms with Crippen LogP contribution in [0.5, 0.6) is 0 Å². The van der Waals surface area contributed by atoms with Gasteiger partial charge in [0.2, 0.25) is 0 Å². The number of rotatable bonds is 2. The highest BCUT2D eigenvalue weighted by molar-refractivity contribution is 5.73. The summed E-state index contributed by atoms with van der Waals surface area (Å²) in [5.74, 6) is -1.25. The van der Waals surface area contributed by atoms with Gasteiger partial charge in [0.25, 0.3) is 0 Å². The minimum absolute atomic E-state index is 0.434. The van der Waals surface area contributed by atoms with Gasteiger partial charge in [-0.2, -0.15) is 0 Å². The Balaban J connectivity index is 2.26. The summed E-state index contributed by atoms with van der Waals surface area (Å²) in [4.78, 5) is 0. The third-order valence-corrected chi connectivity index (χ3v) is 2.31. The van der Waals surface area contributed by atoms with Gasteiger partial charge in [0.15, 0.2) is 17.4 Å². The first-order chi connectivity index (χ1) is 8.08. The van der Waals surface area contributed by atoms with Crippen molar-refractivity contribution >= 4 is 17.8 Å². The Kier molecular flexibility index (Phi) is 2.91. The molecule has 0 radical (unpaired) electrons. The lowest BCUT2D eigenvalue weighted by molar-refractivity contribution is 0.397. The van der Waals surface area contributed by atoms with E-state index in [-0.39, 0.29) is 0 Å². The van der Waals surface area contributed by atoms with E-state index in [2.05, 4.69) is 5.16 Å². The Morgan fingerprint density at radius 2 is 2.00 bits per heavy atom. The van der Waals surface area contributed by atoms with Gasteiger partial charge < -0.3 is 10.3 Å². The summed E-state index contributed by atoms with van der Waals surface area (Å²) in [6, 6.07) is 3.61. The molecule has 0 aliphatic heterocycles. The molecule has 3 nitrogen and oxygen atoms in total. The molecule has 0 bridgehead atoms. The van der Waals surface area contributed by atoms with Crippen LogP contribution in [0, 0.1) is 18.6 Å². The second-order valence-corrected chi connectivity index (χ2v) is 3.54. The Hall–Kier alpha value is -2.17. The van der Waals surface area contributed by atoms with Crippen molar-refractivity contribution in [2.45, 2.75) is 6.92 Å². The van der Waals surface area contributed by atoms with Crippen LogP contribution in [0.3, 0.4) is 0 Å². The van der Waals surface area contributed by atoms with Crippen LogP contribution in [0.15, 0.2) is 22.7 Å². The number of aromatic nitrogens is 1. The number of aryl methyl sites for hydroxylation is 1. The number of nitrogens with zero attached hydrogens (tertiary/aromatic N) is 1. The van der Waals surface area contributed by atoms with Crippen LogP contribution in [0.2, 0.25) is 0 Å². The molecule has 17 heavy (non-hydrogen) atoms. The number of nitrogens with two attached hydrogens (primary N) is 1. The number of hydrogen-bond donors (Lipinski definition) is 1. The number of hydrogen-bond acceptors (Lipinski definition) is 3. The van der Waals surface area contributed by atoms with Crippen molar-refractivity contribution in [1.82, 2.24) is 5.16 Å². The summed E-state index contributed by atoms with van der Waals surface area (Å²) >= 11 is 0. The largest absolute Gasteiger partial charge is 0.394 e. The number of anilines is 1. The molecule has 0 fully saturated rings. The molecule has 2 N–H and O–H groups in total. The molecule has 0 spiro atoms. The normalized spacial score (nSPS) is 11.2. The van der Waals surface area contributed by atoms with Crippen molar-refractivity contribution in [2.75, 3.05) is 5.73 Å². The summed E-state index contributed by atoms with van der Waals surface area (Å²) < 4.78 is 30.5. The Morgan fingerprint density at radius 3 is 2.59 bits per heavy atom. The lowest BCUT2D eigenvalue weighted by atomic mass is 10.2. The lowest BCUT2D eigenvalue weighted by Crippen LogP contribution is -1.87. The maximum atomic E-state index is 12.9. The van der Waals surface area contributed by atoms with E-state index in [4.69, 9.17) is 10.3 Å². The van der Waals surface area contributed by atoms with E-state index in [1.54, 1.807) is 19.1 Å². The second kappa shape index (κ2) is 4.37. The molecule has 0 amide bonds. The van der Waals surface area contributed by atoms with Crippen LogP contribution in [0.25, 0.3) is 12.2 Å². The zero-order valence-electron chi connectivity index (χ0n) is 9.08. The zero-order valence-corrected chi connectivity index (χ0v) is 9.08. The van der Waals surface area contributed by atoms with Crippen molar-refractivity contribution in [2.24, 2.45) is 0 Å². The molecule has 0 atom stereocenters. The van der Waals surface area contributed by atoms with E-state index in [1.165, 1.54) is 6.07 Å². The van der Waals surface area contributed by atoms with Crippen molar-refractivity contribution in [3.8, 4) is 0 Å². The highest BCUT2D eigenvalue weighted by atomic mass is 19.2. The maximum Gasteiger partial charge on any atom is 0.159 e. The van der Waals surface area contributed by atoms with E-state index >= 15 is 0 Å². The van der Waals surface area contributed by atoms with E-state index in [0.29, 0.717) is 22.7 Å². The molecule has 1 aromatic heterocycles. The van der Waals surface area contributed by atoms with Gasteiger partial charge in [-0.05, 0) is 30.7 Å². The van der Waals surface area contributed by atoms with Crippen molar-refractivity contribution in [3.63, 3.8) is 0 Å². The average molecular weight is 236 g/mol. The number of benzene rings is 1. The summed E-state index contributed by atoms with van der Waals surface area (Å²) in [7, 11) is 0. The average Bonchev–Trinajstić information content (AvgIpc) is 2.62. The summed E-state index contributed by atoms with van der Waals surface area (Å²) in [5, 5.41) is 3.72. The fourth-order valence-corrected chi connectivity index (χ4v) is 1.31. The van der Waals surface area contributed by atoms with Crippen molar-refractivity contribution in [3.05, 3.63) is 46.9 Å². The van der Waals surface area contributed by atoms with Gasteiger partial charge in [0.05, 0.1) is 0 Å². The smallest absolute Gasteiger partial charge is 0.159 e. The zero-order chi connectivity index (χ0) is 12.4. The molecule has 2 aromatic rings. The van der Waals surface area contributed by atoms with E-state index < -0.39 is 11.6 Å². The molecule has 1 aromatic carbocycles. The summed E-state index contributed by atoms with van der Waals surface area (Å²) in [5.41, 5.74) is 7.10. The molecule has 0 aliphatic carbocycles. The Labute approximate surface area is 96.5 Å². The summed E-state index contributed by atoms with van der Waals surface area (Å²) in [6.07, 6.45) is 3.16. The first kappa shape index (κ1) is 11.3. The molecule has 1 heterocycles. The highest BCUT2D eigenvalue weighted by Crippen LogP contribution is 2.18. The molecule has 88 valence electrons. The molecule has 0 saturated heterocycles. The molecular formula is C12H10F2N2O. The third kappa shape index (κ3) is 2.33. The number of nitrogen functional groups attached to an aromatic ring is 1. The van der Waals surface area contributed by atoms with Crippen LogP contribution < -0.4 is 5.73 Å². The Morgan fingerprint density at radius 1 is 1.24 bits per heavy atom. The van der Waals surface area contributed by atoms with Gasteiger partial charge in [0, 0.05) is 0 Å². The molecule has 0 unspecified atom stereocenters. The second-order valence-electron chi connectivity index (χ2n) is 3.54. The van der Waals surface area contributed by atoms with Crippen molar-refractivity contribution in [1.29, 1.82) is 0 Å². The van der Waals surface area contributed by atoms with Crippen LogP contribution >= 0.6 is 0 Å². The van der Waals surface area contributed by atoms with Gasteiger partial charge in [-0.1, -0.05) is 17.3 Å². The van der Waals surface area contributed by atoms with Gasteiger partial charge in [-0.3, -0.25) is 0 Å². The monoisotopic (exact) mass is 236 g/mol. The van der Waals surface area contributed by atoms with E-state index in [9.17, 15) is 8.78 Å². The minimum Gasteiger partial charge on any atom is -0.394 e. The quantitative estimate of drug-likeness (QED) is 0.871. The highest BCUT2D eigenvalue weighted by Gasteiger charge is 2.05. The van der Waals surface area contributed by atoms with Gasteiger partial charge in [0.1, 0.15) is 11.4 Å². The SMILES string of the molecule is Cc1onc(/C=C/c2ccc(F)c(F)c2)c1N. The summed E-state index contributed by atoms with van der Waals surface area (Å²) in [6.45, 7) is 1.69. The molecule has 0 saturated carbocycles. The van der Waals surface area contributed by atoms with E-state index in [1.807, 2.05) is 0 Å². The van der Waals surface area contributed by atoms with Crippen LogP contribution in [-0.4, -0.2) is 5.16 Å². The third-order valence-electron chi connectivity index (χ3n) is 2.31. The fourth-order valence-electron chi connectivity index (χ4n) is 1.31. The van der Waals surface area contributed by atoms with Gasteiger partial charge in [-0.25, -0.2) is 8.78 Å². The Bertz CT molecular complexity index is 576.